The highest BCUT2D eigenvalue weighted by Gasteiger charge is 2.22. The third-order valence-electron chi connectivity index (χ3n) is 3.31. The molecule has 0 aliphatic carbocycles. The van der Waals surface area contributed by atoms with Crippen molar-refractivity contribution in [1.29, 1.82) is 0 Å². The molecule has 1 aromatic carbocycles. The lowest BCUT2D eigenvalue weighted by molar-refractivity contribution is 0.177. The van der Waals surface area contributed by atoms with Crippen LogP contribution in [0.3, 0.4) is 0 Å². The normalized spacial score (nSPS) is 26.4. The van der Waals surface area contributed by atoms with Gasteiger partial charge in [-0.25, -0.2) is 4.79 Å². The van der Waals surface area contributed by atoms with Gasteiger partial charge < -0.3 is 19.9 Å². The van der Waals surface area contributed by atoms with Crippen molar-refractivity contribution in [3.8, 4) is 0 Å². The lowest BCUT2D eigenvalue weighted by Crippen LogP contribution is -2.28. The summed E-state index contributed by atoms with van der Waals surface area (Å²) in [6, 6.07) is 4.83. The van der Waals surface area contributed by atoms with Crippen molar-refractivity contribution >= 4 is 17.0 Å². The molecule has 1 aliphatic heterocycles. The van der Waals surface area contributed by atoms with Crippen LogP contribution in [0, 0.1) is 0 Å². The van der Waals surface area contributed by atoms with Crippen molar-refractivity contribution in [1.82, 2.24) is 15.2 Å². The minimum absolute atomic E-state index is 0.121. The maximum Gasteiger partial charge on any atom is 0.407 e. The fraction of sp³-hybridized carbons (Fsp3) is 0.438. The molecular formula is C16H21N3O2. The molecule has 5 nitrogen and oxygen atoms in total. The first-order valence-electron chi connectivity index (χ1n) is 11.0. The van der Waals surface area contributed by atoms with E-state index in [1.165, 1.54) is 0 Å². The van der Waals surface area contributed by atoms with Crippen LogP contribution in [0.2, 0.25) is 0 Å². The van der Waals surface area contributed by atoms with Gasteiger partial charge in [0.2, 0.25) is 0 Å². The van der Waals surface area contributed by atoms with Crippen molar-refractivity contribution in [3.05, 3.63) is 35.5 Å². The molecule has 2 heterocycles. The van der Waals surface area contributed by atoms with Crippen LogP contribution in [0.15, 0.2) is 24.4 Å². The molecule has 0 radical (unpaired) electrons. The van der Waals surface area contributed by atoms with Gasteiger partial charge in [0.1, 0.15) is 6.61 Å². The van der Waals surface area contributed by atoms with E-state index in [0.717, 1.165) is 5.56 Å². The first kappa shape index (κ1) is 6.83. The Hall–Kier alpha value is -2.01. The van der Waals surface area contributed by atoms with Crippen LogP contribution in [-0.4, -0.2) is 49.1 Å². The number of rotatable bonds is 5. The van der Waals surface area contributed by atoms with Crippen LogP contribution in [-0.2, 0) is 17.5 Å². The van der Waals surface area contributed by atoms with E-state index in [4.69, 9.17) is 17.1 Å². The Morgan fingerprint density at radius 3 is 3.24 bits per heavy atom. The Balaban J connectivity index is 1.97. The molecule has 0 spiro atoms. The van der Waals surface area contributed by atoms with Crippen LogP contribution in [0.4, 0.5) is 4.79 Å². The Bertz CT molecular complexity index is 938. The summed E-state index contributed by atoms with van der Waals surface area (Å²) in [5.74, 6) is 0. The zero-order valence-corrected chi connectivity index (χ0v) is 11.2. The van der Waals surface area contributed by atoms with E-state index < -0.39 is 33.0 Å². The van der Waals surface area contributed by atoms with Gasteiger partial charge in [0.25, 0.3) is 0 Å². The molecule has 1 atom stereocenters. The Kier molecular flexibility index (Phi) is 1.88. The van der Waals surface area contributed by atoms with Gasteiger partial charge in [-0.3, -0.25) is 0 Å². The fourth-order valence-electron chi connectivity index (χ4n) is 2.35. The number of aromatic amines is 1. The molecule has 0 bridgehead atoms. The second-order valence-corrected chi connectivity index (χ2v) is 4.91. The van der Waals surface area contributed by atoms with E-state index in [2.05, 4.69) is 10.3 Å². The van der Waals surface area contributed by atoms with Gasteiger partial charge in [-0.05, 0) is 50.0 Å². The number of alkyl carbamates (subject to hydrolysis) is 1. The van der Waals surface area contributed by atoms with Crippen molar-refractivity contribution in [2.45, 2.75) is 18.8 Å². The molecule has 2 N–H and O–H groups in total. The van der Waals surface area contributed by atoms with E-state index in [0.29, 0.717) is 17.3 Å². The molecule has 0 unspecified atom stereocenters. The molecule has 1 amide bonds. The number of cyclic esters (lactones) is 1. The molecule has 1 fully saturated rings. The van der Waals surface area contributed by atoms with Crippen LogP contribution in [0.5, 0.6) is 0 Å². The number of carbonyl (C=O) groups excluding carboxylic acids is 1. The number of benzene rings is 1. The van der Waals surface area contributed by atoms with Gasteiger partial charge in [-0.2, -0.15) is 0 Å². The average Bonchev–Trinajstić information content (AvgIpc) is 3.13. The summed E-state index contributed by atoms with van der Waals surface area (Å²) in [6.07, 6.45) is -2.80. The third-order valence-corrected chi connectivity index (χ3v) is 3.31. The highest BCUT2D eigenvalue weighted by Crippen LogP contribution is 2.21. The standard InChI is InChI=1S/C16H21N3O2/c1-19(2)6-5-12-9-17-15-4-3-11(8-14(12)15)7-13-10-21-16(20)18-13/h3-4,8-9,13,17H,5-7,10H2,1-2H3,(H,18,20)/t13-/m0/s1/i1D3,2D3,5D2,9D. The monoisotopic (exact) mass is 296 g/mol. The second kappa shape index (κ2) is 5.77. The minimum atomic E-state index is -3.04. The van der Waals surface area contributed by atoms with E-state index in [9.17, 15) is 4.79 Å². The predicted molar refractivity (Wildman–Crippen MR) is 82.5 cm³/mol. The number of hydrogen-bond donors (Lipinski definition) is 2. The summed E-state index contributed by atoms with van der Waals surface area (Å²) in [4.78, 5) is 14.1. The van der Waals surface area contributed by atoms with Crippen molar-refractivity contribution in [3.63, 3.8) is 0 Å². The van der Waals surface area contributed by atoms with E-state index >= 15 is 0 Å². The maximum atomic E-state index is 11.2. The predicted octanol–water partition coefficient (Wildman–Crippen LogP) is 1.92. The molecule has 3 rings (SSSR count). The summed E-state index contributed by atoms with van der Waals surface area (Å²) < 4.78 is 74.7. The summed E-state index contributed by atoms with van der Waals surface area (Å²) in [6.45, 7) is -6.83. The molecule has 5 heteroatoms. The Labute approximate surface area is 136 Å². The maximum absolute atomic E-state index is 11.2. The lowest BCUT2D eigenvalue weighted by atomic mass is 10.0. The highest BCUT2D eigenvalue weighted by atomic mass is 16.6. The summed E-state index contributed by atoms with van der Waals surface area (Å²) in [5, 5.41) is 3.00. The largest absolute Gasteiger partial charge is 0.447 e. The Morgan fingerprint density at radius 1 is 1.57 bits per heavy atom. The quantitative estimate of drug-likeness (QED) is 0.886. The first-order valence-corrected chi connectivity index (χ1v) is 6.51. The van der Waals surface area contributed by atoms with Gasteiger partial charge >= 0.3 is 6.09 Å². The number of nitrogens with zero attached hydrogens (tertiary/aromatic N) is 1. The van der Waals surface area contributed by atoms with Gasteiger partial charge in [0, 0.05) is 34.6 Å². The van der Waals surface area contributed by atoms with E-state index in [-0.39, 0.29) is 29.3 Å². The second-order valence-electron chi connectivity index (χ2n) is 4.91. The van der Waals surface area contributed by atoms with Gasteiger partial charge in [0.15, 0.2) is 0 Å². The zero-order valence-electron chi connectivity index (χ0n) is 20.2. The van der Waals surface area contributed by atoms with Gasteiger partial charge in [-0.1, -0.05) is 6.07 Å². The molecular weight excluding hydrogens is 266 g/mol. The number of ether oxygens (including phenoxy) is 1. The van der Waals surface area contributed by atoms with Crippen molar-refractivity contribution in [2.24, 2.45) is 0 Å². The smallest absolute Gasteiger partial charge is 0.407 e. The van der Waals surface area contributed by atoms with E-state index in [1.54, 1.807) is 18.2 Å². The topological polar surface area (TPSA) is 57.4 Å². The first-order chi connectivity index (χ1) is 13.7. The van der Waals surface area contributed by atoms with Gasteiger partial charge in [-0.15, -0.1) is 0 Å². The van der Waals surface area contributed by atoms with Crippen LogP contribution in [0.25, 0.3) is 10.9 Å². The molecule has 1 saturated heterocycles. The molecule has 21 heavy (non-hydrogen) atoms. The summed E-state index contributed by atoms with van der Waals surface area (Å²) in [7, 11) is 0. The van der Waals surface area contributed by atoms with Crippen LogP contribution >= 0.6 is 0 Å². The molecule has 112 valence electrons. The lowest BCUT2D eigenvalue weighted by Gasteiger charge is -2.09. The number of likely N-dealkylation sites (N-methyl/N-ethyl adjacent to an activating group) is 1. The summed E-state index contributed by atoms with van der Waals surface area (Å²) in [5.41, 5.74) is 1.09. The third kappa shape index (κ3) is 3.19. The average molecular weight is 296 g/mol. The fourth-order valence-corrected chi connectivity index (χ4v) is 2.35. The highest BCUT2D eigenvalue weighted by molar-refractivity contribution is 5.84. The molecule has 1 aromatic heterocycles. The number of hydrogen-bond acceptors (Lipinski definition) is 3. The van der Waals surface area contributed by atoms with Crippen molar-refractivity contribution in [2.75, 3.05) is 27.1 Å². The SMILES string of the molecule is [2H]c1[nH]c2ccc(C[C@H]3COC(=O)N3)cc2c1C([2H])([2H])CN(C([2H])([2H])[2H])C([2H])([2H])[2H]. The van der Waals surface area contributed by atoms with Crippen LogP contribution in [0.1, 0.15) is 23.5 Å². The molecule has 0 saturated carbocycles. The number of H-pyrrole nitrogens is 1. The summed E-state index contributed by atoms with van der Waals surface area (Å²) >= 11 is 0. The zero-order chi connectivity index (χ0) is 22.5. The number of fused-ring (bicyclic) bond motifs is 1. The van der Waals surface area contributed by atoms with Crippen LogP contribution < -0.4 is 5.32 Å². The minimum Gasteiger partial charge on any atom is -0.447 e. The van der Waals surface area contributed by atoms with Gasteiger partial charge in [0.05, 0.1) is 7.41 Å². The van der Waals surface area contributed by atoms with E-state index in [1.807, 2.05) is 0 Å². The van der Waals surface area contributed by atoms with Crippen molar-refractivity contribution < 1.29 is 21.9 Å². The number of carbonyl (C=O) groups is 1. The molecule has 2 aromatic rings. The number of aromatic nitrogens is 1. The Morgan fingerprint density at radius 2 is 2.48 bits per heavy atom. The molecule has 1 aliphatic rings. The number of nitrogens with one attached hydrogen (secondary N) is 2. The number of amides is 1.